The Kier molecular flexibility index (Phi) is 9.83. The lowest BCUT2D eigenvalue weighted by Gasteiger charge is -2.33. The predicted molar refractivity (Wildman–Crippen MR) is 287 cm³/mol. The summed E-state index contributed by atoms with van der Waals surface area (Å²) in [6.07, 6.45) is 4.09. The van der Waals surface area contributed by atoms with Gasteiger partial charge in [-0.1, -0.05) is 182 Å². The van der Waals surface area contributed by atoms with Gasteiger partial charge in [0.25, 0.3) is 0 Å². The standard InChI is InChI=1S/C66H48N2/c1-3-13-45(14-4-1)47-29-35-57(36-30-47)67(63-23-11-19-50-17-7-9-21-61(50)63)58-39-33-49(34-40-58)56-41-52-25-27-54-43-60(44-55-28-26-53(42-56)65(52)66(54)55)68(64-24-12-20-51-18-8-10-22-62(51)64)59-37-31-48(32-38-59)46-15-5-2-6-16-46/h1-24,29-44H,25-28H2. The second-order valence-corrected chi connectivity index (χ2v) is 18.3. The summed E-state index contributed by atoms with van der Waals surface area (Å²) in [5.41, 5.74) is 23.3. The van der Waals surface area contributed by atoms with Crippen LogP contribution in [0.3, 0.4) is 0 Å². The zero-order chi connectivity index (χ0) is 45.0. The first-order chi connectivity index (χ1) is 33.7. The Balaban J connectivity index is 0.859. The Morgan fingerprint density at radius 2 is 0.559 bits per heavy atom. The molecule has 0 radical (unpaired) electrons. The van der Waals surface area contributed by atoms with Crippen LogP contribution >= 0.6 is 0 Å². The van der Waals surface area contributed by atoms with Gasteiger partial charge in [0, 0.05) is 33.5 Å². The molecule has 0 aromatic heterocycles. The maximum absolute atomic E-state index is 2.49. The summed E-state index contributed by atoms with van der Waals surface area (Å²) in [6, 6.07) is 89.4. The van der Waals surface area contributed by atoms with Crippen LogP contribution in [0, 0.1) is 0 Å². The molecule has 2 nitrogen and oxygen atoms in total. The van der Waals surface area contributed by atoms with Gasteiger partial charge in [-0.05, 0) is 164 Å². The smallest absolute Gasteiger partial charge is 0.0540 e. The van der Waals surface area contributed by atoms with E-state index in [2.05, 4.69) is 252 Å². The predicted octanol–water partition coefficient (Wildman–Crippen LogP) is 17.8. The quantitative estimate of drug-likeness (QED) is 0.143. The monoisotopic (exact) mass is 868 g/mol. The van der Waals surface area contributed by atoms with E-state index in [9.17, 15) is 0 Å². The fourth-order valence-electron chi connectivity index (χ4n) is 11.1. The van der Waals surface area contributed by atoms with Gasteiger partial charge in [-0.3, -0.25) is 0 Å². The van der Waals surface area contributed by atoms with Crippen LogP contribution in [-0.2, 0) is 25.7 Å². The third-order valence-corrected chi connectivity index (χ3v) is 14.4. The minimum absolute atomic E-state index is 1.02. The SMILES string of the molecule is c1ccc(-c2ccc(N(c3ccc(-c4cc5c6c(c4)CCc4cc(N(c7ccc(-c8ccccc8)cc7)c7cccc8ccccc78)cc(c4-6)CC5)cc3)c3cccc4ccccc34)cc2)cc1. The highest BCUT2D eigenvalue weighted by atomic mass is 15.1. The molecule has 11 aromatic rings. The molecule has 13 rings (SSSR count). The van der Waals surface area contributed by atoms with Crippen LogP contribution in [0.2, 0.25) is 0 Å². The Bertz CT molecular complexity index is 3590. The average Bonchev–Trinajstić information content (AvgIpc) is 3.41. The topological polar surface area (TPSA) is 6.48 Å². The van der Waals surface area contributed by atoms with Crippen molar-refractivity contribution in [2.45, 2.75) is 25.7 Å². The summed E-state index contributed by atoms with van der Waals surface area (Å²) >= 11 is 0. The Labute approximate surface area is 398 Å². The summed E-state index contributed by atoms with van der Waals surface area (Å²) in [4.78, 5) is 4.90. The van der Waals surface area contributed by atoms with E-state index < -0.39 is 0 Å². The van der Waals surface area contributed by atoms with Crippen LogP contribution in [0.15, 0.2) is 243 Å². The molecule has 0 heterocycles. The van der Waals surface area contributed by atoms with Gasteiger partial charge in [0.2, 0.25) is 0 Å². The van der Waals surface area contributed by atoms with Crippen LogP contribution < -0.4 is 9.80 Å². The second-order valence-electron chi connectivity index (χ2n) is 18.3. The normalized spacial score (nSPS) is 12.5. The Morgan fingerprint density at radius 3 is 0.985 bits per heavy atom. The highest BCUT2D eigenvalue weighted by Crippen LogP contribution is 2.49. The van der Waals surface area contributed by atoms with E-state index >= 15 is 0 Å². The van der Waals surface area contributed by atoms with Crippen molar-refractivity contribution in [2.75, 3.05) is 9.80 Å². The number of fused-ring (bicyclic) bond motifs is 2. The minimum atomic E-state index is 1.02. The molecule has 0 fully saturated rings. The summed E-state index contributed by atoms with van der Waals surface area (Å²) in [6.45, 7) is 0. The van der Waals surface area contributed by atoms with E-state index in [-0.39, 0.29) is 0 Å². The van der Waals surface area contributed by atoms with Crippen LogP contribution in [0.5, 0.6) is 0 Å². The van der Waals surface area contributed by atoms with Crippen molar-refractivity contribution in [3.8, 4) is 44.5 Å². The Morgan fingerprint density at radius 1 is 0.235 bits per heavy atom. The molecular weight excluding hydrogens is 821 g/mol. The van der Waals surface area contributed by atoms with Crippen LogP contribution in [0.4, 0.5) is 34.1 Å². The molecule has 0 saturated carbocycles. The van der Waals surface area contributed by atoms with Gasteiger partial charge in [-0.15, -0.1) is 0 Å². The molecule has 322 valence electrons. The van der Waals surface area contributed by atoms with Crippen molar-refractivity contribution >= 4 is 55.7 Å². The largest absolute Gasteiger partial charge is 0.310 e. The molecule has 0 spiro atoms. The first kappa shape index (κ1) is 39.9. The van der Waals surface area contributed by atoms with E-state index in [4.69, 9.17) is 0 Å². The van der Waals surface area contributed by atoms with Crippen LogP contribution in [-0.4, -0.2) is 0 Å². The molecule has 2 aliphatic carbocycles. The zero-order valence-corrected chi connectivity index (χ0v) is 37.8. The van der Waals surface area contributed by atoms with Crippen molar-refractivity contribution in [1.82, 2.24) is 0 Å². The van der Waals surface area contributed by atoms with Gasteiger partial charge in [0.05, 0.1) is 11.4 Å². The van der Waals surface area contributed by atoms with Gasteiger partial charge in [0.15, 0.2) is 0 Å². The maximum atomic E-state index is 2.49. The van der Waals surface area contributed by atoms with Crippen molar-refractivity contribution in [3.05, 3.63) is 265 Å². The average molecular weight is 869 g/mol. The lowest BCUT2D eigenvalue weighted by atomic mass is 9.74. The molecule has 0 saturated heterocycles. The van der Waals surface area contributed by atoms with Crippen molar-refractivity contribution in [1.29, 1.82) is 0 Å². The summed E-state index contributed by atoms with van der Waals surface area (Å²) in [5, 5.41) is 4.95. The number of rotatable bonds is 9. The molecule has 68 heavy (non-hydrogen) atoms. The highest BCUT2D eigenvalue weighted by Gasteiger charge is 2.29. The molecular formula is C66H48N2. The number of nitrogens with zero attached hydrogens (tertiary/aromatic N) is 2. The van der Waals surface area contributed by atoms with Gasteiger partial charge in [-0.2, -0.15) is 0 Å². The molecule has 2 heteroatoms. The van der Waals surface area contributed by atoms with E-state index in [1.54, 1.807) is 0 Å². The summed E-state index contributed by atoms with van der Waals surface area (Å²) in [7, 11) is 0. The van der Waals surface area contributed by atoms with E-state index in [1.165, 1.54) is 105 Å². The van der Waals surface area contributed by atoms with Crippen molar-refractivity contribution < 1.29 is 0 Å². The van der Waals surface area contributed by atoms with Crippen molar-refractivity contribution in [3.63, 3.8) is 0 Å². The highest BCUT2D eigenvalue weighted by molar-refractivity contribution is 6.01. The summed E-state index contributed by atoms with van der Waals surface area (Å²) < 4.78 is 0. The molecule has 0 atom stereocenters. The molecule has 2 aliphatic rings. The summed E-state index contributed by atoms with van der Waals surface area (Å²) in [5.74, 6) is 0. The van der Waals surface area contributed by atoms with Gasteiger partial charge in [-0.25, -0.2) is 0 Å². The maximum Gasteiger partial charge on any atom is 0.0540 e. The first-order valence-electron chi connectivity index (χ1n) is 24.0. The molecule has 0 amide bonds. The number of hydrogen-bond donors (Lipinski definition) is 0. The van der Waals surface area contributed by atoms with E-state index in [1.807, 2.05) is 0 Å². The van der Waals surface area contributed by atoms with E-state index in [0.717, 1.165) is 42.7 Å². The number of benzene rings is 11. The first-order valence-corrected chi connectivity index (χ1v) is 24.0. The van der Waals surface area contributed by atoms with Crippen LogP contribution in [0.1, 0.15) is 22.3 Å². The lowest BCUT2D eigenvalue weighted by molar-refractivity contribution is 0.876. The van der Waals surface area contributed by atoms with Gasteiger partial charge < -0.3 is 9.80 Å². The van der Waals surface area contributed by atoms with Gasteiger partial charge in [0.1, 0.15) is 0 Å². The van der Waals surface area contributed by atoms with Crippen LogP contribution in [0.25, 0.3) is 66.1 Å². The zero-order valence-electron chi connectivity index (χ0n) is 37.8. The minimum Gasteiger partial charge on any atom is -0.310 e. The molecule has 0 bridgehead atoms. The number of aryl methyl sites for hydroxylation is 4. The number of hydrogen-bond acceptors (Lipinski definition) is 2. The fourth-order valence-corrected chi connectivity index (χ4v) is 11.1. The fraction of sp³-hybridized carbons (Fsp3) is 0.0606. The molecule has 0 aliphatic heterocycles. The molecule has 0 N–H and O–H groups in total. The number of anilines is 6. The molecule has 11 aromatic carbocycles. The third kappa shape index (κ3) is 7.05. The van der Waals surface area contributed by atoms with E-state index in [0.29, 0.717) is 0 Å². The van der Waals surface area contributed by atoms with Crippen molar-refractivity contribution in [2.24, 2.45) is 0 Å². The van der Waals surface area contributed by atoms with Gasteiger partial charge >= 0.3 is 0 Å². The lowest BCUT2D eigenvalue weighted by Crippen LogP contribution is -2.17. The third-order valence-electron chi connectivity index (χ3n) is 14.4. The molecule has 0 unspecified atom stereocenters. The Hall–Kier alpha value is -8.46. The second kappa shape index (κ2) is 16.8.